The number of sulfone groups is 1. The van der Waals surface area contributed by atoms with E-state index in [9.17, 15) is 37.3 Å². The number of hydrogen-bond donors (Lipinski definition) is 5. The predicted octanol–water partition coefficient (Wildman–Crippen LogP) is 1.86. The molecule has 3 aromatic rings. The third kappa shape index (κ3) is 4.90. The van der Waals surface area contributed by atoms with Crippen molar-refractivity contribution in [2.45, 2.75) is 21.1 Å². The first-order chi connectivity index (χ1) is 14.5. The highest BCUT2D eigenvalue weighted by Gasteiger charge is 2.19. The van der Waals surface area contributed by atoms with Gasteiger partial charge in [-0.05, 0) is 48.4 Å². The second-order valence-electron chi connectivity index (χ2n) is 6.60. The van der Waals surface area contributed by atoms with Gasteiger partial charge < -0.3 is 20.4 Å². The SMILES string of the molecule is O=S(=O)(NCCc1ccc(S(=O)(=O)c2ccc(O)c(O)c2)cc1)c1ccc(O)c(O)c1. The van der Waals surface area contributed by atoms with E-state index in [2.05, 4.69) is 4.72 Å². The minimum absolute atomic E-state index is 0.0158. The summed E-state index contributed by atoms with van der Waals surface area (Å²) in [4.78, 5) is -0.414. The molecular formula is C20H19NO8S2. The molecule has 11 heteroatoms. The zero-order chi connectivity index (χ0) is 22.8. The maximum Gasteiger partial charge on any atom is 0.240 e. The highest BCUT2D eigenvalue weighted by Crippen LogP contribution is 2.30. The number of aromatic hydroxyl groups is 4. The molecule has 0 aliphatic rings. The van der Waals surface area contributed by atoms with Gasteiger partial charge in [-0.1, -0.05) is 12.1 Å². The average molecular weight is 466 g/mol. The fourth-order valence-corrected chi connectivity index (χ4v) is 5.06. The van der Waals surface area contributed by atoms with Gasteiger partial charge in [0.15, 0.2) is 23.0 Å². The van der Waals surface area contributed by atoms with E-state index in [0.717, 1.165) is 30.3 Å². The van der Waals surface area contributed by atoms with Crippen LogP contribution in [0, 0.1) is 0 Å². The molecule has 0 unspecified atom stereocenters. The van der Waals surface area contributed by atoms with Crippen LogP contribution in [0.4, 0.5) is 0 Å². The van der Waals surface area contributed by atoms with Crippen LogP contribution < -0.4 is 4.72 Å². The first-order valence-corrected chi connectivity index (χ1v) is 11.8. The summed E-state index contributed by atoms with van der Waals surface area (Å²) < 4.78 is 52.2. The van der Waals surface area contributed by atoms with Gasteiger partial charge in [0, 0.05) is 18.7 Å². The van der Waals surface area contributed by atoms with Crippen molar-refractivity contribution >= 4 is 19.9 Å². The van der Waals surface area contributed by atoms with Crippen LogP contribution in [0.5, 0.6) is 23.0 Å². The van der Waals surface area contributed by atoms with Gasteiger partial charge in [-0.15, -0.1) is 0 Å². The zero-order valence-corrected chi connectivity index (χ0v) is 17.6. The van der Waals surface area contributed by atoms with Crippen LogP contribution in [0.3, 0.4) is 0 Å². The van der Waals surface area contributed by atoms with Gasteiger partial charge in [0.2, 0.25) is 19.9 Å². The molecule has 0 heterocycles. The summed E-state index contributed by atoms with van der Waals surface area (Å²) in [6.07, 6.45) is 0.267. The van der Waals surface area contributed by atoms with Crippen LogP contribution in [0.1, 0.15) is 5.56 Å². The predicted molar refractivity (Wildman–Crippen MR) is 110 cm³/mol. The summed E-state index contributed by atoms with van der Waals surface area (Å²) >= 11 is 0. The van der Waals surface area contributed by atoms with Crippen molar-refractivity contribution in [2.24, 2.45) is 0 Å². The molecule has 0 saturated heterocycles. The van der Waals surface area contributed by atoms with E-state index in [1.807, 2.05) is 0 Å². The van der Waals surface area contributed by atoms with Crippen molar-refractivity contribution in [3.63, 3.8) is 0 Å². The molecule has 0 bridgehead atoms. The molecule has 5 N–H and O–H groups in total. The summed E-state index contributed by atoms with van der Waals surface area (Å²) in [7, 11) is -7.81. The highest BCUT2D eigenvalue weighted by molar-refractivity contribution is 7.91. The highest BCUT2D eigenvalue weighted by atomic mass is 32.2. The molecule has 3 rings (SSSR count). The lowest BCUT2D eigenvalue weighted by atomic mass is 10.2. The molecule has 3 aromatic carbocycles. The van der Waals surface area contributed by atoms with Crippen LogP contribution in [-0.4, -0.2) is 43.8 Å². The fourth-order valence-electron chi connectivity index (χ4n) is 2.73. The molecule has 31 heavy (non-hydrogen) atoms. The monoisotopic (exact) mass is 465 g/mol. The van der Waals surface area contributed by atoms with Gasteiger partial charge >= 0.3 is 0 Å². The third-order valence-electron chi connectivity index (χ3n) is 4.45. The second-order valence-corrected chi connectivity index (χ2v) is 10.3. The van der Waals surface area contributed by atoms with E-state index in [4.69, 9.17) is 0 Å². The van der Waals surface area contributed by atoms with E-state index < -0.39 is 42.9 Å². The second kappa shape index (κ2) is 8.46. The molecule has 0 radical (unpaired) electrons. The summed E-state index contributed by atoms with van der Waals surface area (Å²) in [5, 5.41) is 37.6. The standard InChI is InChI=1S/C20H19NO8S2/c22-17-7-5-15(11-19(17)24)30(26,27)14-3-1-13(2-4-14)9-10-21-31(28,29)16-6-8-18(23)20(25)12-16/h1-8,11-12,21-25H,9-10H2. The molecule has 0 spiro atoms. The van der Waals surface area contributed by atoms with Crippen LogP contribution in [0.15, 0.2) is 75.4 Å². The van der Waals surface area contributed by atoms with E-state index in [1.165, 1.54) is 30.3 Å². The van der Waals surface area contributed by atoms with Crippen molar-refractivity contribution in [2.75, 3.05) is 6.54 Å². The topological polar surface area (TPSA) is 161 Å². The van der Waals surface area contributed by atoms with Gasteiger partial charge in [0.25, 0.3) is 0 Å². The average Bonchev–Trinajstić information content (AvgIpc) is 2.72. The number of nitrogens with one attached hydrogen (secondary N) is 1. The lowest BCUT2D eigenvalue weighted by Gasteiger charge is -2.09. The Balaban J connectivity index is 1.68. The van der Waals surface area contributed by atoms with Crippen molar-refractivity contribution in [3.05, 3.63) is 66.2 Å². The van der Waals surface area contributed by atoms with Gasteiger partial charge in [0.1, 0.15) is 0 Å². The third-order valence-corrected chi connectivity index (χ3v) is 7.68. The van der Waals surface area contributed by atoms with E-state index in [1.54, 1.807) is 0 Å². The molecule has 0 atom stereocenters. The molecule has 0 aromatic heterocycles. The largest absolute Gasteiger partial charge is 0.504 e. The number of phenolic OH excluding ortho intramolecular Hbond substituents is 4. The van der Waals surface area contributed by atoms with Crippen molar-refractivity contribution < 1.29 is 37.3 Å². The Kier molecular flexibility index (Phi) is 6.11. The van der Waals surface area contributed by atoms with E-state index in [-0.39, 0.29) is 27.7 Å². The van der Waals surface area contributed by atoms with Crippen LogP contribution in [0.2, 0.25) is 0 Å². The van der Waals surface area contributed by atoms with Crippen LogP contribution in [-0.2, 0) is 26.3 Å². The number of benzene rings is 3. The molecule has 164 valence electrons. The van der Waals surface area contributed by atoms with Gasteiger partial charge in [-0.2, -0.15) is 0 Å². The van der Waals surface area contributed by atoms with Crippen LogP contribution in [0.25, 0.3) is 0 Å². The Labute approximate surface area is 178 Å². The first kappa shape index (κ1) is 22.4. The van der Waals surface area contributed by atoms with Crippen molar-refractivity contribution in [1.29, 1.82) is 0 Å². The molecule has 9 nitrogen and oxygen atoms in total. The Morgan fingerprint density at radius 2 is 1.10 bits per heavy atom. The molecule has 0 amide bonds. The number of hydrogen-bond acceptors (Lipinski definition) is 8. The number of sulfonamides is 1. The lowest BCUT2D eigenvalue weighted by Crippen LogP contribution is -2.26. The first-order valence-electron chi connectivity index (χ1n) is 8.88. The molecule has 0 fully saturated rings. The quantitative estimate of drug-likeness (QED) is 0.330. The summed E-state index contributed by atoms with van der Waals surface area (Å²) in [6.45, 7) is 0.0158. The Morgan fingerprint density at radius 1 is 0.613 bits per heavy atom. The van der Waals surface area contributed by atoms with Crippen molar-refractivity contribution in [3.8, 4) is 23.0 Å². The summed E-state index contributed by atoms with van der Waals surface area (Å²) in [5.41, 5.74) is 0.670. The van der Waals surface area contributed by atoms with Gasteiger partial charge in [0.05, 0.1) is 14.7 Å². The maximum atomic E-state index is 12.6. The smallest absolute Gasteiger partial charge is 0.240 e. The Hall–Kier alpha value is -3.28. The zero-order valence-electron chi connectivity index (χ0n) is 15.9. The van der Waals surface area contributed by atoms with Crippen LogP contribution >= 0.6 is 0 Å². The maximum absolute atomic E-state index is 12.6. The van der Waals surface area contributed by atoms with E-state index in [0.29, 0.717) is 5.56 Å². The summed E-state index contributed by atoms with van der Waals surface area (Å²) in [6, 6.07) is 12.1. The summed E-state index contributed by atoms with van der Waals surface area (Å²) in [5.74, 6) is -1.97. The Bertz CT molecular complexity index is 1320. The van der Waals surface area contributed by atoms with E-state index >= 15 is 0 Å². The number of phenols is 4. The minimum atomic E-state index is -3.91. The minimum Gasteiger partial charge on any atom is -0.504 e. The fraction of sp³-hybridized carbons (Fsp3) is 0.100. The molecular weight excluding hydrogens is 446 g/mol. The lowest BCUT2D eigenvalue weighted by molar-refractivity contribution is 0.402. The molecule has 0 saturated carbocycles. The van der Waals surface area contributed by atoms with Crippen molar-refractivity contribution in [1.82, 2.24) is 4.72 Å². The van der Waals surface area contributed by atoms with Gasteiger partial charge in [-0.25, -0.2) is 21.6 Å². The number of rotatable bonds is 7. The molecule has 0 aliphatic heterocycles. The normalized spacial score (nSPS) is 12.0. The van der Waals surface area contributed by atoms with Gasteiger partial charge in [-0.3, -0.25) is 0 Å². The Morgan fingerprint density at radius 3 is 1.65 bits per heavy atom. The molecule has 0 aliphatic carbocycles.